The number of carbonyl (C=O) groups is 1. The first-order valence-corrected chi connectivity index (χ1v) is 5.93. The van der Waals surface area contributed by atoms with Gasteiger partial charge in [0.25, 0.3) is 0 Å². The van der Waals surface area contributed by atoms with Crippen LogP contribution in [-0.2, 0) is 4.79 Å². The van der Waals surface area contributed by atoms with Crippen molar-refractivity contribution in [3.63, 3.8) is 0 Å². The summed E-state index contributed by atoms with van der Waals surface area (Å²) < 4.78 is 0. The fraction of sp³-hybridized carbons (Fsp3) is 0.538. The molecule has 0 radical (unpaired) electrons. The van der Waals surface area contributed by atoms with E-state index in [0.717, 1.165) is 30.4 Å². The van der Waals surface area contributed by atoms with Crippen molar-refractivity contribution in [2.45, 2.75) is 19.3 Å². The molecule has 0 bridgehead atoms. The number of hydrogen-bond donors (Lipinski definition) is 0. The maximum Gasteiger partial charge on any atom is 0.229 e. The van der Waals surface area contributed by atoms with E-state index in [9.17, 15) is 4.79 Å². The lowest BCUT2D eigenvalue weighted by atomic mass is 10.0. The first-order chi connectivity index (χ1) is 7.75. The number of rotatable bonds is 2. The van der Waals surface area contributed by atoms with Gasteiger partial charge in [0.15, 0.2) is 0 Å². The summed E-state index contributed by atoms with van der Waals surface area (Å²) in [6.07, 6.45) is 7.04. The lowest BCUT2D eigenvalue weighted by Gasteiger charge is -2.21. The summed E-state index contributed by atoms with van der Waals surface area (Å²) in [5.74, 6) is 2.26. The Labute approximate surface area is 95.5 Å². The molecule has 3 nitrogen and oxygen atoms in total. The number of amides is 1. The molecule has 2 fully saturated rings. The van der Waals surface area contributed by atoms with E-state index in [0.29, 0.717) is 0 Å². The van der Waals surface area contributed by atoms with Crippen molar-refractivity contribution < 1.29 is 4.79 Å². The van der Waals surface area contributed by atoms with Crippen LogP contribution in [0.2, 0.25) is 0 Å². The van der Waals surface area contributed by atoms with E-state index >= 15 is 0 Å². The van der Waals surface area contributed by atoms with Crippen LogP contribution in [0.3, 0.4) is 0 Å². The third-order valence-corrected chi connectivity index (χ3v) is 3.97. The Bertz CT molecular complexity index is 394. The average Bonchev–Trinajstić information content (AvgIpc) is 2.95. The molecule has 0 spiro atoms. The standard InChI is InChI=1S/C13H16N2O/c1-15(12-2-4-14-5-3-12)13(16)11-7-9-6-10(9)8-11/h2-5,9-11H,6-8H2,1H3. The molecule has 1 heterocycles. The smallest absolute Gasteiger partial charge is 0.229 e. The molecule has 2 unspecified atom stereocenters. The molecule has 1 aromatic rings. The van der Waals surface area contributed by atoms with E-state index in [-0.39, 0.29) is 11.8 Å². The van der Waals surface area contributed by atoms with Crippen LogP contribution in [-0.4, -0.2) is 17.9 Å². The summed E-state index contributed by atoms with van der Waals surface area (Å²) >= 11 is 0. The van der Waals surface area contributed by atoms with Crippen LogP contribution in [0.25, 0.3) is 0 Å². The molecule has 0 N–H and O–H groups in total. The van der Waals surface area contributed by atoms with Crippen LogP contribution in [0, 0.1) is 17.8 Å². The third kappa shape index (κ3) is 1.60. The number of nitrogens with zero attached hydrogens (tertiary/aromatic N) is 2. The van der Waals surface area contributed by atoms with Crippen molar-refractivity contribution in [1.29, 1.82) is 0 Å². The van der Waals surface area contributed by atoms with E-state index in [1.54, 1.807) is 17.3 Å². The highest BCUT2D eigenvalue weighted by molar-refractivity contribution is 5.94. The molecule has 16 heavy (non-hydrogen) atoms. The van der Waals surface area contributed by atoms with Crippen molar-refractivity contribution in [3.8, 4) is 0 Å². The van der Waals surface area contributed by atoms with Crippen LogP contribution in [0.1, 0.15) is 19.3 Å². The zero-order valence-electron chi connectivity index (χ0n) is 9.47. The minimum atomic E-state index is 0.266. The molecule has 84 valence electrons. The summed E-state index contributed by atoms with van der Waals surface area (Å²) in [6.45, 7) is 0. The van der Waals surface area contributed by atoms with Gasteiger partial charge in [0, 0.05) is 31.0 Å². The molecule has 1 aromatic heterocycles. The number of anilines is 1. The van der Waals surface area contributed by atoms with Gasteiger partial charge in [-0.1, -0.05) is 0 Å². The molecule has 2 aliphatic rings. The van der Waals surface area contributed by atoms with E-state index < -0.39 is 0 Å². The van der Waals surface area contributed by atoms with E-state index in [1.165, 1.54) is 6.42 Å². The van der Waals surface area contributed by atoms with Gasteiger partial charge in [-0.3, -0.25) is 9.78 Å². The molecule has 3 rings (SSSR count). The zero-order valence-corrected chi connectivity index (χ0v) is 9.47. The topological polar surface area (TPSA) is 33.2 Å². The number of carbonyl (C=O) groups excluding carboxylic acids is 1. The van der Waals surface area contributed by atoms with Gasteiger partial charge in [-0.2, -0.15) is 0 Å². The van der Waals surface area contributed by atoms with Crippen molar-refractivity contribution in [1.82, 2.24) is 4.98 Å². The van der Waals surface area contributed by atoms with Crippen LogP contribution >= 0.6 is 0 Å². The number of pyridine rings is 1. The Morgan fingerprint density at radius 2 is 1.88 bits per heavy atom. The molecular weight excluding hydrogens is 200 g/mol. The fourth-order valence-corrected chi connectivity index (χ4v) is 2.89. The summed E-state index contributed by atoms with van der Waals surface area (Å²) in [4.78, 5) is 18.0. The minimum absolute atomic E-state index is 0.266. The largest absolute Gasteiger partial charge is 0.315 e. The first kappa shape index (κ1) is 9.82. The molecule has 0 aromatic carbocycles. The van der Waals surface area contributed by atoms with Crippen LogP contribution in [0.15, 0.2) is 24.5 Å². The highest BCUT2D eigenvalue weighted by atomic mass is 16.2. The highest BCUT2D eigenvalue weighted by Crippen LogP contribution is 2.54. The van der Waals surface area contributed by atoms with E-state index in [1.807, 2.05) is 19.2 Å². The van der Waals surface area contributed by atoms with Gasteiger partial charge in [-0.25, -0.2) is 0 Å². The number of hydrogen-bond acceptors (Lipinski definition) is 2. The van der Waals surface area contributed by atoms with E-state index in [2.05, 4.69) is 4.98 Å². The van der Waals surface area contributed by atoms with Gasteiger partial charge in [0.2, 0.25) is 5.91 Å². The zero-order chi connectivity index (χ0) is 11.1. The van der Waals surface area contributed by atoms with Crippen molar-refractivity contribution in [2.75, 3.05) is 11.9 Å². The SMILES string of the molecule is CN(C(=O)C1CC2CC2C1)c1ccncc1. The van der Waals surface area contributed by atoms with Gasteiger partial charge in [-0.15, -0.1) is 0 Å². The predicted octanol–water partition coefficient (Wildman–Crippen LogP) is 2.09. The molecular formula is C13H16N2O. The van der Waals surface area contributed by atoms with Crippen LogP contribution < -0.4 is 4.90 Å². The van der Waals surface area contributed by atoms with Gasteiger partial charge in [0.1, 0.15) is 0 Å². The maximum atomic E-state index is 12.2. The number of fused-ring (bicyclic) bond motifs is 1. The Balaban J connectivity index is 1.70. The molecule has 2 saturated carbocycles. The van der Waals surface area contributed by atoms with Crippen LogP contribution in [0.5, 0.6) is 0 Å². The first-order valence-electron chi connectivity index (χ1n) is 5.93. The lowest BCUT2D eigenvalue weighted by molar-refractivity contribution is -0.122. The molecule has 0 saturated heterocycles. The quantitative estimate of drug-likeness (QED) is 0.758. The summed E-state index contributed by atoms with van der Waals surface area (Å²) in [6, 6.07) is 3.77. The van der Waals surface area contributed by atoms with E-state index in [4.69, 9.17) is 0 Å². The molecule has 3 heteroatoms. The number of aromatic nitrogens is 1. The van der Waals surface area contributed by atoms with Gasteiger partial charge >= 0.3 is 0 Å². The normalized spacial score (nSPS) is 30.9. The second kappa shape index (κ2) is 3.58. The van der Waals surface area contributed by atoms with Crippen molar-refractivity contribution in [3.05, 3.63) is 24.5 Å². The molecule has 1 amide bonds. The average molecular weight is 216 g/mol. The molecule has 2 aliphatic carbocycles. The Morgan fingerprint density at radius 3 is 2.50 bits per heavy atom. The summed E-state index contributed by atoms with van der Waals surface area (Å²) in [7, 11) is 1.86. The monoisotopic (exact) mass is 216 g/mol. The Morgan fingerprint density at radius 1 is 1.25 bits per heavy atom. The van der Waals surface area contributed by atoms with Gasteiger partial charge in [-0.05, 0) is 43.2 Å². The minimum Gasteiger partial charge on any atom is -0.315 e. The van der Waals surface area contributed by atoms with Crippen molar-refractivity contribution >= 4 is 11.6 Å². The summed E-state index contributed by atoms with van der Waals surface area (Å²) in [5, 5.41) is 0. The second-order valence-electron chi connectivity index (χ2n) is 5.03. The second-order valence-corrected chi connectivity index (χ2v) is 5.03. The van der Waals surface area contributed by atoms with Crippen molar-refractivity contribution in [2.24, 2.45) is 17.8 Å². The Hall–Kier alpha value is -1.38. The highest BCUT2D eigenvalue weighted by Gasteiger charge is 2.48. The lowest BCUT2D eigenvalue weighted by Crippen LogP contribution is -2.32. The third-order valence-electron chi connectivity index (χ3n) is 3.97. The van der Waals surface area contributed by atoms with Gasteiger partial charge < -0.3 is 4.90 Å². The maximum absolute atomic E-state index is 12.2. The predicted molar refractivity (Wildman–Crippen MR) is 62.0 cm³/mol. The Kier molecular flexibility index (Phi) is 2.20. The summed E-state index contributed by atoms with van der Waals surface area (Å²) in [5.41, 5.74) is 0.945. The van der Waals surface area contributed by atoms with Crippen LogP contribution in [0.4, 0.5) is 5.69 Å². The molecule has 2 atom stereocenters. The fourth-order valence-electron chi connectivity index (χ4n) is 2.89. The van der Waals surface area contributed by atoms with Gasteiger partial charge in [0.05, 0.1) is 0 Å². The molecule has 0 aliphatic heterocycles.